The predicted molar refractivity (Wildman–Crippen MR) is 125 cm³/mol. The zero-order chi connectivity index (χ0) is 21.7. The number of nitriles is 1. The fourth-order valence-corrected chi connectivity index (χ4v) is 4.91. The van der Waals surface area contributed by atoms with Gasteiger partial charge in [-0.25, -0.2) is 9.97 Å². The van der Waals surface area contributed by atoms with Crippen LogP contribution in [-0.4, -0.2) is 32.2 Å². The summed E-state index contributed by atoms with van der Waals surface area (Å²) in [6, 6.07) is 16.4. The standard InChI is InChI=1S/C26H24N6/c1-2-3-19-14-31(15-19)25-9-8-23-22(29-25)17-30-16-21(20-6-4-18(13-27)5-7-20)12-24(30)26-28-10-11-32(23)26/h4-12,16,19H,2-3,14-15,17H2,1H3. The number of pyridine rings is 1. The number of imidazole rings is 1. The van der Waals surface area contributed by atoms with Crippen molar-refractivity contribution < 1.29 is 0 Å². The van der Waals surface area contributed by atoms with Crippen molar-refractivity contribution in [1.29, 1.82) is 5.26 Å². The Morgan fingerprint density at radius 1 is 1.09 bits per heavy atom. The molecule has 4 aromatic rings. The van der Waals surface area contributed by atoms with Crippen LogP contribution in [0.25, 0.3) is 28.3 Å². The molecule has 2 aliphatic rings. The van der Waals surface area contributed by atoms with Crippen molar-refractivity contribution in [3.05, 3.63) is 72.3 Å². The zero-order valence-corrected chi connectivity index (χ0v) is 18.1. The third-order valence-electron chi connectivity index (χ3n) is 6.61. The molecule has 2 aliphatic heterocycles. The van der Waals surface area contributed by atoms with Crippen molar-refractivity contribution in [3.63, 3.8) is 0 Å². The van der Waals surface area contributed by atoms with Crippen LogP contribution >= 0.6 is 0 Å². The Morgan fingerprint density at radius 2 is 1.94 bits per heavy atom. The van der Waals surface area contributed by atoms with E-state index in [0.717, 1.165) is 58.9 Å². The largest absolute Gasteiger partial charge is 0.356 e. The topological polar surface area (TPSA) is 62.7 Å². The maximum absolute atomic E-state index is 9.09. The minimum absolute atomic E-state index is 0.669. The number of aromatic nitrogens is 4. The molecule has 0 spiro atoms. The molecule has 0 bridgehead atoms. The molecule has 0 amide bonds. The SMILES string of the molecule is CCCC1CN(c2ccc3c(n2)Cn2cc(-c4ccc(C#N)cc4)cc2-c2nccn2-3)C1. The summed E-state index contributed by atoms with van der Waals surface area (Å²) in [6.45, 7) is 5.16. The average Bonchev–Trinajstić information content (AvgIpc) is 3.41. The lowest BCUT2D eigenvalue weighted by atomic mass is 9.95. The lowest BCUT2D eigenvalue weighted by molar-refractivity contribution is 0.378. The van der Waals surface area contributed by atoms with Crippen LogP contribution in [-0.2, 0) is 6.54 Å². The summed E-state index contributed by atoms with van der Waals surface area (Å²) < 4.78 is 4.38. The molecule has 32 heavy (non-hydrogen) atoms. The average molecular weight is 421 g/mol. The van der Waals surface area contributed by atoms with Crippen LogP contribution in [0, 0.1) is 17.2 Å². The van der Waals surface area contributed by atoms with Crippen LogP contribution in [0.1, 0.15) is 31.0 Å². The third-order valence-corrected chi connectivity index (χ3v) is 6.61. The zero-order valence-electron chi connectivity index (χ0n) is 18.1. The molecule has 0 aliphatic carbocycles. The fraction of sp³-hybridized carbons (Fsp3) is 0.269. The first-order valence-corrected chi connectivity index (χ1v) is 11.2. The van der Waals surface area contributed by atoms with Crippen LogP contribution in [0.5, 0.6) is 0 Å². The molecule has 3 aromatic heterocycles. The lowest BCUT2D eigenvalue weighted by Gasteiger charge is -2.40. The molecule has 0 radical (unpaired) electrons. The molecule has 6 nitrogen and oxygen atoms in total. The van der Waals surface area contributed by atoms with Gasteiger partial charge in [0.2, 0.25) is 0 Å². The van der Waals surface area contributed by atoms with Crippen LogP contribution in [0.15, 0.2) is 61.1 Å². The highest BCUT2D eigenvalue weighted by Gasteiger charge is 2.28. The number of rotatable bonds is 4. The number of fused-ring (bicyclic) bond motifs is 5. The van der Waals surface area contributed by atoms with E-state index >= 15 is 0 Å². The maximum Gasteiger partial charge on any atom is 0.161 e. The van der Waals surface area contributed by atoms with Gasteiger partial charge in [-0.1, -0.05) is 25.5 Å². The summed E-state index contributed by atoms with van der Waals surface area (Å²) >= 11 is 0. The van der Waals surface area contributed by atoms with Gasteiger partial charge in [-0.15, -0.1) is 0 Å². The highest BCUT2D eigenvalue weighted by molar-refractivity contribution is 5.72. The van der Waals surface area contributed by atoms with Crippen molar-refractivity contribution in [1.82, 2.24) is 19.1 Å². The molecule has 1 aromatic carbocycles. The smallest absolute Gasteiger partial charge is 0.161 e. The summed E-state index contributed by atoms with van der Waals surface area (Å²) in [5, 5.41) is 9.09. The summed E-state index contributed by atoms with van der Waals surface area (Å²) in [6.07, 6.45) is 8.57. The van der Waals surface area contributed by atoms with E-state index in [4.69, 9.17) is 10.2 Å². The van der Waals surface area contributed by atoms with E-state index in [1.165, 1.54) is 12.8 Å². The van der Waals surface area contributed by atoms with Gasteiger partial charge < -0.3 is 9.47 Å². The Kier molecular flexibility index (Phi) is 4.36. The number of nitrogens with zero attached hydrogens (tertiary/aromatic N) is 6. The second-order valence-corrected chi connectivity index (χ2v) is 8.75. The number of hydrogen-bond acceptors (Lipinski definition) is 4. The van der Waals surface area contributed by atoms with Crippen molar-refractivity contribution in [3.8, 4) is 34.4 Å². The summed E-state index contributed by atoms with van der Waals surface area (Å²) in [7, 11) is 0. The van der Waals surface area contributed by atoms with Crippen LogP contribution in [0.3, 0.4) is 0 Å². The molecule has 1 fully saturated rings. The minimum Gasteiger partial charge on any atom is -0.356 e. The molecule has 1 saturated heterocycles. The Balaban J connectivity index is 1.38. The maximum atomic E-state index is 9.09. The predicted octanol–water partition coefficient (Wildman–Crippen LogP) is 4.87. The molecule has 6 rings (SSSR count). The van der Waals surface area contributed by atoms with Gasteiger partial charge in [0.25, 0.3) is 0 Å². The van der Waals surface area contributed by atoms with E-state index in [1.807, 2.05) is 36.7 Å². The van der Waals surface area contributed by atoms with Gasteiger partial charge in [-0.2, -0.15) is 5.26 Å². The van der Waals surface area contributed by atoms with Gasteiger partial charge in [0.1, 0.15) is 5.82 Å². The molecule has 0 atom stereocenters. The second-order valence-electron chi connectivity index (χ2n) is 8.75. The van der Waals surface area contributed by atoms with Crippen molar-refractivity contribution in [2.45, 2.75) is 26.3 Å². The summed E-state index contributed by atoms with van der Waals surface area (Å²) in [5.41, 5.74) is 6.09. The molecule has 158 valence electrons. The van der Waals surface area contributed by atoms with Crippen LogP contribution in [0.4, 0.5) is 5.82 Å². The van der Waals surface area contributed by atoms with Gasteiger partial charge >= 0.3 is 0 Å². The van der Waals surface area contributed by atoms with E-state index in [-0.39, 0.29) is 0 Å². The first kappa shape index (κ1) is 18.9. The van der Waals surface area contributed by atoms with E-state index < -0.39 is 0 Å². The van der Waals surface area contributed by atoms with E-state index in [0.29, 0.717) is 12.1 Å². The highest BCUT2D eigenvalue weighted by atomic mass is 15.2. The van der Waals surface area contributed by atoms with Crippen molar-refractivity contribution in [2.75, 3.05) is 18.0 Å². The van der Waals surface area contributed by atoms with E-state index in [9.17, 15) is 0 Å². The van der Waals surface area contributed by atoms with Gasteiger partial charge in [-0.3, -0.25) is 4.57 Å². The molecular formula is C26H24N6. The lowest BCUT2D eigenvalue weighted by Crippen LogP contribution is -2.47. The first-order chi connectivity index (χ1) is 15.7. The Hall–Kier alpha value is -3.85. The number of hydrogen-bond donors (Lipinski definition) is 0. The Morgan fingerprint density at radius 3 is 2.72 bits per heavy atom. The first-order valence-electron chi connectivity index (χ1n) is 11.2. The fourth-order valence-electron chi connectivity index (χ4n) is 4.91. The Bertz CT molecular complexity index is 1330. The normalized spacial score (nSPS) is 14.7. The minimum atomic E-state index is 0.669. The molecular weight excluding hydrogens is 396 g/mol. The van der Waals surface area contributed by atoms with Gasteiger partial charge in [-0.05, 0) is 48.2 Å². The molecule has 0 N–H and O–H groups in total. The monoisotopic (exact) mass is 420 g/mol. The van der Waals surface area contributed by atoms with E-state index in [1.54, 1.807) is 0 Å². The van der Waals surface area contributed by atoms with Gasteiger partial charge in [0.05, 0.1) is 35.3 Å². The quantitative estimate of drug-likeness (QED) is 0.416. The van der Waals surface area contributed by atoms with E-state index in [2.05, 4.69) is 56.4 Å². The van der Waals surface area contributed by atoms with Crippen molar-refractivity contribution >= 4 is 5.82 Å². The summed E-state index contributed by atoms with van der Waals surface area (Å²) in [4.78, 5) is 12.1. The molecule has 6 heteroatoms. The van der Waals surface area contributed by atoms with Crippen LogP contribution in [0.2, 0.25) is 0 Å². The molecule has 0 saturated carbocycles. The third kappa shape index (κ3) is 3.01. The molecule has 0 unspecified atom stereocenters. The number of anilines is 1. The highest BCUT2D eigenvalue weighted by Crippen LogP contribution is 2.35. The molecule has 5 heterocycles. The van der Waals surface area contributed by atoms with Crippen molar-refractivity contribution in [2.24, 2.45) is 5.92 Å². The number of benzene rings is 1. The van der Waals surface area contributed by atoms with Crippen LogP contribution < -0.4 is 4.90 Å². The Labute approximate surface area is 187 Å². The van der Waals surface area contributed by atoms with Gasteiger partial charge in [0.15, 0.2) is 5.82 Å². The summed E-state index contributed by atoms with van der Waals surface area (Å²) in [5.74, 6) is 2.79. The van der Waals surface area contributed by atoms with Gasteiger partial charge in [0, 0.05) is 37.2 Å². The second kappa shape index (κ2) is 7.38.